The molecule has 0 radical (unpaired) electrons. The molecular formula is C109H113FN28O5. The van der Waals surface area contributed by atoms with Crippen LogP contribution >= 0.6 is 0 Å². The summed E-state index contributed by atoms with van der Waals surface area (Å²) in [6.07, 6.45) is 36.5. The zero-order valence-electron chi connectivity index (χ0n) is 81.3. The van der Waals surface area contributed by atoms with E-state index in [0.717, 1.165) is 282 Å². The molecule has 6 aromatic carbocycles. The van der Waals surface area contributed by atoms with E-state index in [1.54, 1.807) is 19.2 Å². The predicted molar refractivity (Wildman–Crippen MR) is 558 cm³/mol. The van der Waals surface area contributed by atoms with Crippen LogP contribution in [-0.2, 0) is 68.9 Å². The van der Waals surface area contributed by atoms with Crippen molar-refractivity contribution < 1.29 is 28.6 Å². The minimum Gasteiger partial charge on any atom is -0.494 e. The molecular weight excluding hydrogens is 1800 g/mol. The highest BCUT2D eigenvalue weighted by molar-refractivity contribution is 6.16. The molecule has 19 aromatic rings. The van der Waals surface area contributed by atoms with Gasteiger partial charge in [0.1, 0.15) is 28.8 Å². The Morgan fingerprint density at radius 2 is 1.02 bits per heavy atom. The van der Waals surface area contributed by atoms with Crippen LogP contribution in [0.5, 0.6) is 5.88 Å². The Morgan fingerprint density at radius 3 is 1.66 bits per heavy atom. The highest BCUT2D eigenvalue weighted by Gasteiger charge is 2.33. The van der Waals surface area contributed by atoms with E-state index in [-0.39, 0.29) is 29.4 Å². The molecule has 726 valence electrons. The first kappa shape index (κ1) is 91.2. The lowest BCUT2D eigenvalue weighted by molar-refractivity contribution is 0.0948. The molecule has 0 atom stereocenters. The highest BCUT2D eigenvalue weighted by Crippen LogP contribution is 2.46. The number of likely N-dealkylation sites (N-methyl/N-ethyl adjacent to an activating group) is 2. The fourth-order valence-corrected chi connectivity index (χ4v) is 22.9. The number of amides is 3. The number of morpholine rings is 1. The number of aromatic hydroxyl groups is 1. The maximum atomic E-state index is 13.8. The minimum atomic E-state index is -0.335. The zero-order valence-corrected chi connectivity index (χ0v) is 81.3. The second-order valence-electron chi connectivity index (χ2n) is 39.2. The van der Waals surface area contributed by atoms with Crippen LogP contribution in [0.4, 0.5) is 27.4 Å². The molecule has 2 fully saturated rings. The molecule has 3 aliphatic heterocycles. The molecule has 34 heteroatoms. The normalized spacial score (nSPS) is 15.7. The van der Waals surface area contributed by atoms with E-state index in [1.807, 2.05) is 113 Å². The number of aromatic amines is 8. The van der Waals surface area contributed by atoms with Crippen molar-refractivity contribution in [2.45, 2.75) is 156 Å². The number of ether oxygens (including phenoxy) is 1. The monoisotopic (exact) mass is 1910 g/mol. The standard InChI is InChI=1S/C26H31N7O2.C23H17FN4O.C22H24N6O.C19H18N6O.C19H23N5/c1-14-21(25(34)27-11-12-33(3)4)15(2)29-23(14)26(35)31-24-17-8-6-5-7-16(17)22-18-13-28-32-19(18)9-10-20(22)30-24;24-12-5-6-18-15(9-12)16(23(29)27-18)10-21-13-3-1-2-4-14(13)22-17-11-25-28-19(17)7-8-20(22)26-21;1-13-16(11-23-26-13)21-15-5-3-2-4-14(15)20-17-12-24-27-18(17)10-19(22(20)25-21)28-6-8-29-9-7-28;1-10-16(9-21-24-10)23-19(26)18-12-5-3-2-4-11(12)17-13-8-20-25-14(13)6-7-15(17)22-18;1-23-8-10-24(11-9-23)19-14-5-3-2-4-13(14)18-15-12-20-22-16(15)6-7-17(18)21-19/h9-10,13,29H,5-8,11-12H2,1-4H3,(H,27,34)(H,28,32)(H,30,31,35);5-11,27,29H,1-4H2;10-12H,2-9H2,1H3,(H,23,26)(H,24,27);6-9H,2-5H2,1H3,(H,20,25)(H,21,24)(H,23,26);6-7,12H,2-5,8-11H2,1H3,(H,20,22). The number of hydrogen-bond donors (Lipinski definition) is 12. The first-order valence-electron chi connectivity index (χ1n) is 50.1. The summed E-state index contributed by atoms with van der Waals surface area (Å²) in [5, 5.41) is 84.1. The second-order valence-corrected chi connectivity index (χ2v) is 39.2. The van der Waals surface area contributed by atoms with Crippen molar-refractivity contribution in [3.63, 3.8) is 0 Å². The van der Waals surface area contributed by atoms with Crippen molar-refractivity contribution in [2.75, 3.05) is 107 Å². The Morgan fingerprint density at radius 1 is 0.483 bits per heavy atom. The lowest BCUT2D eigenvalue weighted by atomic mass is 9.85. The lowest BCUT2D eigenvalue weighted by Gasteiger charge is -2.35. The molecule has 12 N–H and O–H groups in total. The minimum absolute atomic E-state index is 0.0249. The number of rotatable bonds is 12. The number of halogens is 1. The number of fused-ring (bicyclic) bond motifs is 26. The summed E-state index contributed by atoms with van der Waals surface area (Å²) >= 11 is 0. The fraction of sp³-hybridized carbons (Fsp3) is 0.339. The molecule has 16 heterocycles. The van der Waals surface area contributed by atoms with E-state index in [4.69, 9.17) is 29.7 Å². The maximum absolute atomic E-state index is 13.8. The van der Waals surface area contributed by atoms with E-state index in [9.17, 15) is 23.9 Å². The van der Waals surface area contributed by atoms with E-state index in [0.29, 0.717) is 62.7 Å². The molecule has 0 saturated carbocycles. The average Bonchev–Trinajstić information content (AvgIpc) is 1.72. The summed E-state index contributed by atoms with van der Waals surface area (Å²) in [7, 11) is 6.12. The maximum Gasteiger partial charge on any atom is 0.274 e. The molecule has 8 aliphatic rings. The Bertz CT molecular complexity index is 8460. The summed E-state index contributed by atoms with van der Waals surface area (Å²) < 4.78 is 19.4. The molecule has 143 heavy (non-hydrogen) atoms. The first-order chi connectivity index (χ1) is 69.9. The van der Waals surface area contributed by atoms with Crippen molar-refractivity contribution in [3.8, 4) is 17.1 Å². The van der Waals surface area contributed by atoms with Crippen LogP contribution in [0.2, 0.25) is 0 Å². The SMILES string of the molecule is CN1CCN(c2nc3ccc4[nH]ncc4c3c3c2CCCC3)CC1.Cc1[nH]c(C(=O)Nc2nc3ccc4[nH]ncc4c3c3c2CCCC3)c(C)c1C(=O)NCCN(C)C.Cc1[nH]ncc1-c1nc2c(N3CCOCC3)cc3[nH]ncc3c2c2c1CCCC2.Cc1[nH]ncc1NC(=O)c1nc2ccc3[nH]ncc3c2c2c1CCCC2.Oc1[nH]c2ccc(F)cc2c1C=c1nc2ccc3c(c2c2c1CCCC2)C=NN=3. The van der Waals surface area contributed by atoms with Crippen molar-refractivity contribution in [3.05, 3.63) is 233 Å². The Hall–Kier alpha value is -15.6. The number of carbonyl (C=O) groups excluding carboxylic acids is 3. The van der Waals surface area contributed by atoms with Gasteiger partial charge in [-0.3, -0.25) is 45.0 Å². The van der Waals surface area contributed by atoms with Crippen molar-refractivity contribution >= 4 is 162 Å². The zero-order chi connectivity index (χ0) is 97.4. The van der Waals surface area contributed by atoms with Gasteiger partial charge in [-0.25, -0.2) is 29.3 Å². The number of pyridine rings is 5. The van der Waals surface area contributed by atoms with Crippen molar-refractivity contribution in [1.82, 2.24) is 111 Å². The van der Waals surface area contributed by atoms with Crippen LogP contribution in [0.15, 0.2) is 120 Å². The summed E-state index contributed by atoms with van der Waals surface area (Å²) in [5.74, 6) is 0.887. The summed E-state index contributed by atoms with van der Waals surface area (Å²) in [6.45, 7) is 16.5. The second kappa shape index (κ2) is 38.5. The molecule has 3 amide bonds. The van der Waals surface area contributed by atoms with Crippen LogP contribution < -0.4 is 36.5 Å². The largest absolute Gasteiger partial charge is 0.494 e. The van der Waals surface area contributed by atoms with Gasteiger partial charge in [-0.15, -0.1) is 0 Å². The summed E-state index contributed by atoms with van der Waals surface area (Å²) in [6, 6.07) is 22.7. The third-order valence-corrected chi connectivity index (χ3v) is 30.1. The first-order valence-corrected chi connectivity index (χ1v) is 50.1. The Balaban J connectivity index is 0.0000000996. The van der Waals surface area contributed by atoms with Gasteiger partial charge in [-0.05, 0) is 317 Å². The van der Waals surface area contributed by atoms with E-state index < -0.39 is 0 Å². The van der Waals surface area contributed by atoms with Gasteiger partial charge in [0.05, 0.1) is 145 Å². The molecule has 27 rings (SSSR count). The van der Waals surface area contributed by atoms with Crippen LogP contribution in [0.1, 0.15) is 185 Å². The van der Waals surface area contributed by atoms with Gasteiger partial charge in [0.2, 0.25) is 0 Å². The predicted octanol–water partition coefficient (Wildman–Crippen LogP) is 16.3. The number of nitrogens with one attached hydrogen (secondary N) is 11. The topological polar surface area (TPSA) is 423 Å². The van der Waals surface area contributed by atoms with Gasteiger partial charge in [0.25, 0.3) is 17.7 Å². The third-order valence-electron chi connectivity index (χ3n) is 30.1. The highest BCUT2D eigenvalue weighted by atomic mass is 19.1. The van der Waals surface area contributed by atoms with Crippen LogP contribution in [-0.4, -0.2) is 222 Å². The molecule has 0 unspecified atom stereocenters. The van der Waals surface area contributed by atoms with Gasteiger partial charge < -0.3 is 55.4 Å². The van der Waals surface area contributed by atoms with Gasteiger partial charge in [-0.1, -0.05) is 0 Å². The van der Waals surface area contributed by atoms with E-state index in [1.165, 1.54) is 122 Å². The fourth-order valence-electron chi connectivity index (χ4n) is 22.9. The van der Waals surface area contributed by atoms with Crippen LogP contribution in [0.3, 0.4) is 0 Å². The molecule has 0 spiro atoms. The average molecular weight is 1910 g/mol. The van der Waals surface area contributed by atoms with Crippen LogP contribution in [0, 0.1) is 33.5 Å². The van der Waals surface area contributed by atoms with Gasteiger partial charge in [0.15, 0.2) is 5.88 Å². The summed E-state index contributed by atoms with van der Waals surface area (Å²) in [5.41, 5.74) is 32.9. The number of benzene rings is 6. The number of carbonyl (C=O) groups is 3. The quantitative estimate of drug-likeness (QED) is 0.0540. The summed E-state index contributed by atoms with van der Waals surface area (Å²) in [4.78, 5) is 79.5. The molecule has 33 nitrogen and oxygen atoms in total. The Labute approximate surface area is 820 Å². The number of aromatic nitrogens is 19. The third kappa shape index (κ3) is 17.1. The number of aryl methyl sites for hydroxylation is 8. The molecule has 13 aromatic heterocycles. The Kier molecular flexibility index (Phi) is 24.5. The number of H-pyrrole nitrogens is 8. The molecule has 5 aliphatic carbocycles. The van der Waals surface area contributed by atoms with E-state index in [2.05, 4.69) is 144 Å². The van der Waals surface area contributed by atoms with Crippen LogP contribution in [0.25, 0.3) is 126 Å². The number of nitrogens with zero attached hydrogens (tertiary/aromatic N) is 17. The van der Waals surface area contributed by atoms with Gasteiger partial charge in [0, 0.05) is 140 Å². The lowest BCUT2D eigenvalue weighted by Crippen LogP contribution is -2.45. The van der Waals surface area contributed by atoms with Crippen molar-refractivity contribution in [1.29, 1.82) is 0 Å². The molecule has 2 saturated heterocycles. The van der Waals surface area contributed by atoms with E-state index >= 15 is 0 Å². The number of hydrogen-bond acceptors (Lipinski definition) is 22. The number of anilines is 4. The van der Waals surface area contributed by atoms with Crippen molar-refractivity contribution in [2.24, 2.45) is 10.2 Å². The van der Waals surface area contributed by atoms with Gasteiger partial charge in [-0.2, -0.15) is 40.8 Å². The smallest absolute Gasteiger partial charge is 0.274 e. The number of piperazine rings is 1. The molecule has 0 bridgehead atoms. The van der Waals surface area contributed by atoms with Gasteiger partial charge >= 0.3 is 0 Å².